The van der Waals surface area contributed by atoms with Gasteiger partial charge in [-0.1, -0.05) is 18.2 Å². The maximum absolute atomic E-state index is 13.8. The zero-order chi connectivity index (χ0) is 20.5. The van der Waals surface area contributed by atoms with Crippen LogP contribution >= 0.6 is 0 Å². The lowest BCUT2D eigenvalue weighted by Gasteiger charge is -2.19. The molecule has 0 aliphatic rings. The molecule has 0 saturated heterocycles. The van der Waals surface area contributed by atoms with Crippen molar-refractivity contribution in [1.29, 1.82) is 0 Å². The van der Waals surface area contributed by atoms with Crippen molar-refractivity contribution in [3.63, 3.8) is 0 Å². The zero-order valence-electron chi connectivity index (χ0n) is 13.0. The lowest BCUT2D eigenvalue weighted by molar-refractivity contribution is -0.187. The molecule has 0 unspecified atom stereocenters. The Morgan fingerprint density at radius 1 is 0.815 bits per heavy atom. The van der Waals surface area contributed by atoms with Crippen LogP contribution in [0.15, 0.2) is 48.5 Å². The van der Waals surface area contributed by atoms with Crippen LogP contribution < -0.4 is 10.1 Å². The number of anilines is 1. The van der Waals surface area contributed by atoms with Crippen LogP contribution in [-0.2, 0) is 17.1 Å². The van der Waals surface area contributed by atoms with E-state index in [9.17, 15) is 39.9 Å². The Balaban J connectivity index is 2.22. The minimum Gasteiger partial charge on any atom is -0.425 e. The Morgan fingerprint density at radius 3 is 2.04 bits per heavy atom. The largest absolute Gasteiger partial charge is 0.482 e. The third-order valence-electron chi connectivity index (χ3n) is 3.15. The van der Waals surface area contributed by atoms with Gasteiger partial charge in [-0.15, -0.1) is 0 Å². The summed E-state index contributed by atoms with van der Waals surface area (Å²) < 4.78 is 108. The molecule has 0 bridgehead atoms. The van der Waals surface area contributed by atoms with Gasteiger partial charge in [-0.05, 0) is 30.3 Å². The summed E-state index contributed by atoms with van der Waals surface area (Å²) in [5, 5.41) is 1.37. The monoisotopic (exact) mass is 399 g/mol. The molecule has 1 amide bonds. The van der Waals surface area contributed by atoms with Crippen LogP contribution in [0.5, 0.6) is 5.75 Å². The molecule has 2 aromatic carbocycles. The van der Waals surface area contributed by atoms with E-state index in [0.717, 1.165) is 30.3 Å². The average Bonchev–Trinajstić information content (AvgIpc) is 2.53. The van der Waals surface area contributed by atoms with E-state index >= 15 is 0 Å². The van der Waals surface area contributed by atoms with Gasteiger partial charge in [0, 0.05) is 0 Å². The normalized spacial score (nSPS) is 12.6. The van der Waals surface area contributed by atoms with Gasteiger partial charge in [0.15, 0.2) is 0 Å². The fourth-order valence-electron chi connectivity index (χ4n) is 1.96. The molecule has 1 N–H and O–H groups in total. The fourth-order valence-corrected chi connectivity index (χ4v) is 1.96. The maximum atomic E-state index is 13.8. The maximum Gasteiger partial charge on any atom is 0.482 e. The van der Waals surface area contributed by atoms with Gasteiger partial charge < -0.3 is 10.1 Å². The highest BCUT2D eigenvalue weighted by molar-refractivity contribution is 5.96. The predicted molar refractivity (Wildman–Crippen MR) is 77.1 cm³/mol. The standard InChI is InChI=1S/C16H9F8NO2/c17-14(18,19)9-4-3-5-10(8-9)27-16(23,24)13(26)25-12-7-2-1-6-11(12)15(20,21)22/h1-8H,(H,25,26). The predicted octanol–water partition coefficient (Wildman–Crippen LogP) is 5.33. The molecular formula is C16H9F8NO2. The first kappa shape index (κ1) is 20.5. The van der Waals surface area contributed by atoms with Gasteiger partial charge >= 0.3 is 24.4 Å². The van der Waals surface area contributed by atoms with Crippen LogP contribution in [-0.4, -0.2) is 12.0 Å². The SMILES string of the molecule is O=C(Nc1ccccc1C(F)(F)F)C(F)(F)Oc1cccc(C(F)(F)F)c1. The molecule has 0 spiro atoms. The van der Waals surface area contributed by atoms with Crippen molar-refractivity contribution in [2.45, 2.75) is 18.5 Å². The fraction of sp³-hybridized carbons (Fsp3) is 0.188. The van der Waals surface area contributed by atoms with Gasteiger partial charge in [-0.2, -0.15) is 35.1 Å². The third kappa shape index (κ3) is 5.08. The van der Waals surface area contributed by atoms with Crippen molar-refractivity contribution in [2.24, 2.45) is 0 Å². The number of carbonyl (C=O) groups excluding carboxylic acids is 1. The van der Waals surface area contributed by atoms with Gasteiger partial charge in [0.1, 0.15) is 5.75 Å². The molecule has 0 radical (unpaired) electrons. The number of hydrogen-bond acceptors (Lipinski definition) is 2. The van der Waals surface area contributed by atoms with E-state index in [2.05, 4.69) is 4.74 Å². The van der Waals surface area contributed by atoms with Crippen LogP contribution in [0.3, 0.4) is 0 Å². The molecule has 0 aromatic heterocycles. The molecule has 27 heavy (non-hydrogen) atoms. The van der Waals surface area contributed by atoms with Crippen LogP contribution in [0.4, 0.5) is 40.8 Å². The van der Waals surface area contributed by atoms with Crippen molar-refractivity contribution in [3.05, 3.63) is 59.7 Å². The summed E-state index contributed by atoms with van der Waals surface area (Å²) in [6, 6.07) is 5.66. The van der Waals surface area contributed by atoms with Crippen LogP contribution in [0.2, 0.25) is 0 Å². The van der Waals surface area contributed by atoms with Crippen molar-refractivity contribution >= 4 is 11.6 Å². The van der Waals surface area contributed by atoms with E-state index in [-0.39, 0.29) is 6.07 Å². The summed E-state index contributed by atoms with van der Waals surface area (Å²) in [5.74, 6) is -3.27. The number of alkyl halides is 8. The molecule has 0 aliphatic carbocycles. The number of carbonyl (C=O) groups is 1. The molecule has 3 nitrogen and oxygen atoms in total. The summed E-state index contributed by atoms with van der Waals surface area (Å²) in [7, 11) is 0. The second-order valence-electron chi connectivity index (χ2n) is 5.14. The third-order valence-corrected chi connectivity index (χ3v) is 3.15. The highest BCUT2D eigenvalue weighted by atomic mass is 19.4. The van der Waals surface area contributed by atoms with E-state index in [1.165, 1.54) is 5.32 Å². The summed E-state index contributed by atoms with van der Waals surface area (Å²) >= 11 is 0. The summed E-state index contributed by atoms with van der Waals surface area (Å²) in [5.41, 5.74) is -3.64. The molecule has 2 rings (SSSR count). The molecule has 0 atom stereocenters. The Labute approximate surface area is 146 Å². The van der Waals surface area contributed by atoms with Crippen molar-refractivity contribution in [2.75, 3.05) is 5.32 Å². The number of benzene rings is 2. The zero-order valence-corrected chi connectivity index (χ0v) is 13.0. The van der Waals surface area contributed by atoms with E-state index in [0.29, 0.717) is 12.1 Å². The number of halogens is 8. The summed E-state index contributed by atoms with van der Waals surface area (Å²) in [4.78, 5) is 11.6. The molecule has 11 heteroatoms. The first-order valence-electron chi connectivity index (χ1n) is 7.02. The van der Waals surface area contributed by atoms with Crippen LogP contribution in [0.1, 0.15) is 11.1 Å². The van der Waals surface area contributed by atoms with Gasteiger partial charge in [0.25, 0.3) is 0 Å². The molecule has 2 aromatic rings. The van der Waals surface area contributed by atoms with Crippen molar-refractivity contribution in [1.82, 2.24) is 0 Å². The number of ether oxygens (including phenoxy) is 1. The number of hydrogen-bond donors (Lipinski definition) is 1. The van der Waals surface area contributed by atoms with Gasteiger partial charge in [0.05, 0.1) is 16.8 Å². The van der Waals surface area contributed by atoms with E-state index in [1.54, 1.807) is 0 Å². The average molecular weight is 399 g/mol. The Morgan fingerprint density at radius 2 is 1.44 bits per heavy atom. The van der Waals surface area contributed by atoms with Gasteiger partial charge in [-0.25, -0.2) is 0 Å². The number of nitrogens with one attached hydrogen (secondary N) is 1. The number of para-hydroxylation sites is 1. The molecular weight excluding hydrogens is 390 g/mol. The molecule has 146 valence electrons. The smallest absolute Gasteiger partial charge is 0.425 e. The Bertz CT molecular complexity index is 830. The molecule has 0 heterocycles. The number of rotatable bonds is 4. The Kier molecular flexibility index (Phi) is 5.34. The lowest BCUT2D eigenvalue weighted by atomic mass is 10.1. The van der Waals surface area contributed by atoms with Gasteiger partial charge in [0.2, 0.25) is 0 Å². The van der Waals surface area contributed by atoms with Gasteiger partial charge in [-0.3, -0.25) is 4.79 Å². The van der Waals surface area contributed by atoms with Crippen LogP contribution in [0.25, 0.3) is 0 Å². The molecule has 0 saturated carbocycles. The lowest BCUT2D eigenvalue weighted by Crippen LogP contribution is -2.40. The second kappa shape index (κ2) is 7.05. The first-order chi connectivity index (χ1) is 12.3. The molecule has 0 fully saturated rings. The molecule has 0 aliphatic heterocycles. The first-order valence-corrected chi connectivity index (χ1v) is 7.02. The van der Waals surface area contributed by atoms with E-state index < -0.39 is 46.9 Å². The van der Waals surface area contributed by atoms with E-state index in [1.807, 2.05) is 0 Å². The second-order valence-corrected chi connectivity index (χ2v) is 5.14. The summed E-state index contributed by atoms with van der Waals surface area (Å²) in [6.45, 7) is 0. The topological polar surface area (TPSA) is 38.3 Å². The van der Waals surface area contributed by atoms with E-state index in [4.69, 9.17) is 0 Å². The highest BCUT2D eigenvalue weighted by Gasteiger charge is 2.44. The van der Waals surface area contributed by atoms with Crippen molar-refractivity contribution in [3.8, 4) is 5.75 Å². The van der Waals surface area contributed by atoms with Crippen molar-refractivity contribution < 1.29 is 44.7 Å². The highest BCUT2D eigenvalue weighted by Crippen LogP contribution is 2.36. The Hall–Kier alpha value is -2.85. The summed E-state index contributed by atoms with van der Waals surface area (Å²) in [6.07, 6.45) is -14.5. The number of amides is 1. The minimum atomic E-state index is -4.93. The van der Waals surface area contributed by atoms with Crippen LogP contribution in [0, 0.1) is 0 Å². The quantitative estimate of drug-likeness (QED) is 0.706. The minimum absolute atomic E-state index is 0.227.